The van der Waals surface area contributed by atoms with Crippen LogP contribution in [0.2, 0.25) is 0 Å². The summed E-state index contributed by atoms with van der Waals surface area (Å²) in [5.74, 6) is 4.86. The third-order valence-electron chi connectivity index (χ3n) is 0.926. The second-order valence-corrected chi connectivity index (χ2v) is 1.42. The molecule has 0 spiro atoms. The van der Waals surface area contributed by atoms with Crippen molar-refractivity contribution >= 4 is 5.91 Å². The quantitative estimate of drug-likeness (QED) is 0.431. The lowest BCUT2D eigenvalue weighted by Gasteiger charge is -2.03. The Morgan fingerprint density at radius 2 is 2.62 bits per heavy atom. The van der Waals surface area contributed by atoms with Gasteiger partial charge in [-0.25, -0.2) is 0 Å². The van der Waals surface area contributed by atoms with Crippen molar-refractivity contribution in [2.45, 2.75) is 0 Å². The number of hydrogen-bond donors (Lipinski definition) is 0. The zero-order valence-electron chi connectivity index (χ0n) is 4.35. The Balaban J connectivity index is 2.67. The second kappa shape index (κ2) is 1.71. The van der Waals surface area contributed by atoms with Gasteiger partial charge in [0.15, 0.2) is 0 Å². The summed E-state index contributed by atoms with van der Waals surface area (Å²) in [4.78, 5) is 11.9. The first-order valence-electron chi connectivity index (χ1n) is 2.26. The van der Waals surface area contributed by atoms with Crippen LogP contribution in [-0.4, -0.2) is 17.4 Å². The monoisotopic (exact) mass is 107 g/mol. The standard InChI is InChI=1S/C6H5NO/c1-2-7-5-3-4-6(7)8/h2H,1,5H2. The summed E-state index contributed by atoms with van der Waals surface area (Å²) in [5, 5.41) is 0. The Kier molecular flexibility index (Phi) is 1.05. The van der Waals surface area contributed by atoms with Crippen LogP contribution in [0.25, 0.3) is 0 Å². The lowest BCUT2D eigenvalue weighted by Crippen LogP contribution is -2.18. The second-order valence-electron chi connectivity index (χ2n) is 1.42. The Morgan fingerprint density at radius 3 is 2.88 bits per heavy atom. The van der Waals surface area contributed by atoms with Crippen molar-refractivity contribution in [2.24, 2.45) is 0 Å². The molecule has 2 heteroatoms. The Labute approximate surface area is 47.8 Å². The first-order valence-corrected chi connectivity index (χ1v) is 2.26. The third kappa shape index (κ3) is 0.584. The lowest BCUT2D eigenvalue weighted by atomic mass is 10.6. The minimum atomic E-state index is -0.153. The largest absolute Gasteiger partial charge is 0.303 e. The predicted molar refractivity (Wildman–Crippen MR) is 29.7 cm³/mol. The molecule has 1 rings (SSSR count). The highest BCUT2D eigenvalue weighted by Gasteiger charge is 2.08. The van der Waals surface area contributed by atoms with Gasteiger partial charge in [-0.05, 0) is 5.92 Å². The van der Waals surface area contributed by atoms with Crippen LogP contribution >= 0.6 is 0 Å². The predicted octanol–water partition coefficient (Wildman–Crippen LogP) is -0.0245. The zero-order valence-corrected chi connectivity index (χ0v) is 4.35. The molecule has 40 valence electrons. The van der Waals surface area contributed by atoms with E-state index in [2.05, 4.69) is 18.4 Å². The first-order chi connectivity index (χ1) is 3.84. The van der Waals surface area contributed by atoms with Crippen LogP contribution in [0.5, 0.6) is 0 Å². The van der Waals surface area contributed by atoms with Crippen molar-refractivity contribution in [1.82, 2.24) is 4.90 Å². The van der Waals surface area contributed by atoms with Crippen LogP contribution < -0.4 is 0 Å². The van der Waals surface area contributed by atoms with Crippen molar-refractivity contribution in [1.29, 1.82) is 0 Å². The molecule has 1 heterocycles. The van der Waals surface area contributed by atoms with Gasteiger partial charge in [-0.15, -0.1) is 0 Å². The molecule has 0 saturated carbocycles. The SMILES string of the molecule is C=CN1CC#CC1=O. The highest BCUT2D eigenvalue weighted by atomic mass is 16.2. The molecular formula is C6H5NO. The number of rotatable bonds is 1. The highest BCUT2D eigenvalue weighted by molar-refractivity contribution is 5.96. The molecule has 1 amide bonds. The van der Waals surface area contributed by atoms with E-state index in [1.807, 2.05) is 0 Å². The summed E-state index contributed by atoms with van der Waals surface area (Å²) in [6, 6.07) is 0. The van der Waals surface area contributed by atoms with E-state index >= 15 is 0 Å². The minimum Gasteiger partial charge on any atom is -0.297 e. The van der Waals surface area contributed by atoms with Gasteiger partial charge >= 0.3 is 5.91 Å². The number of nitrogens with zero attached hydrogens (tertiary/aromatic N) is 1. The third-order valence-corrected chi connectivity index (χ3v) is 0.926. The number of hydrogen-bond acceptors (Lipinski definition) is 1. The van der Waals surface area contributed by atoms with Gasteiger partial charge in [-0.3, -0.25) is 9.69 Å². The van der Waals surface area contributed by atoms with Crippen molar-refractivity contribution < 1.29 is 4.79 Å². The molecule has 0 aliphatic carbocycles. The van der Waals surface area contributed by atoms with Gasteiger partial charge in [0.1, 0.15) is 0 Å². The van der Waals surface area contributed by atoms with E-state index in [0.717, 1.165) is 0 Å². The summed E-state index contributed by atoms with van der Waals surface area (Å²) >= 11 is 0. The Hall–Kier alpha value is -1.23. The minimum absolute atomic E-state index is 0.153. The molecule has 1 aliphatic rings. The van der Waals surface area contributed by atoms with E-state index in [4.69, 9.17) is 0 Å². The average molecular weight is 107 g/mol. The highest BCUT2D eigenvalue weighted by Crippen LogP contribution is 1.92. The van der Waals surface area contributed by atoms with E-state index in [-0.39, 0.29) is 5.91 Å². The zero-order chi connectivity index (χ0) is 5.98. The van der Waals surface area contributed by atoms with Gasteiger partial charge < -0.3 is 0 Å². The van der Waals surface area contributed by atoms with Crippen LogP contribution in [0.15, 0.2) is 12.8 Å². The molecule has 0 aromatic heterocycles. The van der Waals surface area contributed by atoms with E-state index in [1.165, 1.54) is 11.1 Å². The number of amides is 1. The van der Waals surface area contributed by atoms with Crippen molar-refractivity contribution in [3.63, 3.8) is 0 Å². The fourth-order valence-corrected chi connectivity index (χ4v) is 0.491. The van der Waals surface area contributed by atoms with Gasteiger partial charge in [0, 0.05) is 6.20 Å². The van der Waals surface area contributed by atoms with Crippen LogP contribution in [0.1, 0.15) is 0 Å². The smallest absolute Gasteiger partial charge is 0.297 e. The number of carbonyl (C=O) groups excluding carboxylic acids is 1. The summed E-state index contributed by atoms with van der Waals surface area (Å²) in [5.41, 5.74) is 0. The summed E-state index contributed by atoms with van der Waals surface area (Å²) < 4.78 is 0. The fourth-order valence-electron chi connectivity index (χ4n) is 0.491. The molecule has 0 radical (unpaired) electrons. The molecule has 2 nitrogen and oxygen atoms in total. The summed E-state index contributed by atoms with van der Waals surface area (Å²) in [7, 11) is 0. The van der Waals surface area contributed by atoms with E-state index in [9.17, 15) is 4.79 Å². The van der Waals surface area contributed by atoms with Gasteiger partial charge in [0.25, 0.3) is 0 Å². The Bertz CT molecular complexity index is 184. The van der Waals surface area contributed by atoms with Crippen LogP contribution in [0, 0.1) is 11.8 Å². The molecule has 1 aliphatic heterocycles. The molecule has 0 N–H and O–H groups in total. The van der Waals surface area contributed by atoms with Crippen molar-refractivity contribution in [2.75, 3.05) is 6.54 Å². The maximum Gasteiger partial charge on any atom is 0.303 e. The Morgan fingerprint density at radius 1 is 1.88 bits per heavy atom. The summed E-state index contributed by atoms with van der Waals surface area (Å²) in [6.45, 7) is 3.92. The molecule has 0 aromatic rings. The van der Waals surface area contributed by atoms with Crippen LogP contribution in [0.4, 0.5) is 0 Å². The first kappa shape index (κ1) is 4.92. The molecule has 0 saturated heterocycles. The number of carbonyl (C=O) groups is 1. The molecule has 0 bridgehead atoms. The molecular weight excluding hydrogens is 102 g/mol. The van der Waals surface area contributed by atoms with E-state index in [1.54, 1.807) is 0 Å². The average Bonchev–Trinajstić information content (AvgIpc) is 2.14. The van der Waals surface area contributed by atoms with Gasteiger partial charge in [-0.1, -0.05) is 12.5 Å². The topological polar surface area (TPSA) is 20.3 Å². The molecule has 0 fully saturated rings. The van der Waals surface area contributed by atoms with Crippen LogP contribution in [0.3, 0.4) is 0 Å². The van der Waals surface area contributed by atoms with Crippen LogP contribution in [-0.2, 0) is 4.79 Å². The van der Waals surface area contributed by atoms with E-state index < -0.39 is 0 Å². The maximum absolute atomic E-state index is 10.5. The summed E-state index contributed by atoms with van der Waals surface area (Å²) in [6.07, 6.45) is 1.47. The molecule has 0 unspecified atom stereocenters. The maximum atomic E-state index is 10.5. The van der Waals surface area contributed by atoms with Gasteiger partial charge in [-0.2, -0.15) is 0 Å². The lowest BCUT2D eigenvalue weighted by molar-refractivity contribution is -0.121. The van der Waals surface area contributed by atoms with Crippen molar-refractivity contribution in [3.05, 3.63) is 12.8 Å². The molecule has 0 atom stereocenters. The molecule has 0 aromatic carbocycles. The van der Waals surface area contributed by atoms with Gasteiger partial charge in [0.05, 0.1) is 6.54 Å². The fraction of sp³-hybridized carbons (Fsp3) is 0.167. The van der Waals surface area contributed by atoms with E-state index in [0.29, 0.717) is 6.54 Å². The molecule has 8 heavy (non-hydrogen) atoms. The van der Waals surface area contributed by atoms with Gasteiger partial charge in [0.2, 0.25) is 0 Å². The van der Waals surface area contributed by atoms with Crippen molar-refractivity contribution in [3.8, 4) is 11.8 Å². The normalized spacial score (nSPS) is 15.5.